The zero-order chi connectivity index (χ0) is 12.3. The molecule has 7 heteroatoms. The summed E-state index contributed by atoms with van der Waals surface area (Å²) >= 11 is 4.72. The monoisotopic (exact) mass is 265 g/mol. The van der Waals surface area contributed by atoms with Crippen LogP contribution in [0, 0.1) is 0 Å². The van der Waals surface area contributed by atoms with Gasteiger partial charge in [-0.3, -0.25) is 0 Å². The van der Waals surface area contributed by atoms with Crippen molar-refractivity contribution in [1.29, 1.82) is 0 Å². The fourth-order valence-corrected chi connectivity index (χ4v) is 3.75. The van der Waals surface area contributed by atoms with E-state index in [0.29, 0.717) is 6.54 Å². The van der Waals surface area contributed by atoms with Crippen LogP contribution in [-0.2, 0) is 10.2 Å². The summed E-state index contributed by atoms with van der Waals surface area (Å²) in [5.74, 6) is 0. The van der Waals surface area contributed by atoms with Crippen molar-refractivity contribution in [3.05, 3.63) is 0 Å². The lowest BCUT2D eigenvalue weighted by molar-refractivity contribution is 0.253. The third-order valence-corrected chi connectivity index (χ3v) is 4.99. The maximum absolute atomic E-state index is 12.2. The van der Waals surface area contributed by atoms with Gasteiger partial charge in [0.05, 0.1) is 11.5 Å². The first-order valence-corrected chi connectivity index (χ1v) is 7.17. The average molecular weight is 265 g/mol. The van der Waals surface area contributed by atoms with Crippen molar-refractivity contribution < 1.29 is 8.42 Å². The summed E-state index contributed by atoms with van der Waals surface area (Å²) < 4.78 is 27.1. The Labute approximate surface area is 103 Å². The molecule has 1 unspecified atom stereocenters. The van der Waals surface area contributed by atoms with E-state index >= 15 is 0 Å². The van der Waals surface area contributed by atoms with Gasteiger partial charge in [0.1, 0.15) is 0 Å². The van der Waals surface area contributed by atoms with Gasteiger partial charge in [0.15, 0.2) is 0 Å². The number of thiocarbonyl (C=S) groups is 1. The Balaban J connectivity index is 2.79. The zero-order valence-electron chi connectivity index (χ0n) is 9.72. The van der Waals surface area contributed by atoms with Gasteiger partial charge < -0.3 is 5.73 Å². The Hall–Kier alpha value is -0.240. The molecule has 1 saturated heterocycles. The number of piperidine rings is 1. The van der Waals surface area contributed by atoms with E-state index in [2.05, 4.69) is 0 Å². The molecule has 2 N–H and O–H groups in total. The quantitative estimate of drug-likeness (QED) is 0.744. The lowest BCUT2D eigenvalue weighted by atomic mass is 10.1. The molecule has 94 valence electrons. The normalized spacial score (nSPS) is 23.6. The highest BCUT2D eigenvalue weighted by Crippen LogP contribution is 2.21. The zero-order valence-corrected chi connectivity index (χ0v) is 11.4. The Kier molecular flexibility index (Phi) is 4.66. The van der Waals surface area contributed by atoms with Gasteiger partial charge in [-0.25, -0.2) is 0 Å². The van der Waals surface area contributed by atoms with Crippen LogP contribution in [0.2, 0.25) is 0 Å². The van der Waals surface area contributed by atoms with Gasteiger partial charge in [0.2, 0.25) is 0 Å². The van der Waals surface area contributed by atoms with Crippen LogP contribution < -0.4 is 5.73 Å². The molecule has 0 aromatic rings. The van der Waals surface area contributed by atoms with E-state index in [1.807, 2.05) is 6.92 Å². The number of hydrogen-bond donors (Lipinski definition) is 1. The molecule has 1 atom stereocenters. The first kappa shape index (κ1) is 13.8. The van der Waals surface area contributed by atoms with Crippen LogP contribution in [0.1, 0.15) is 26.2 Å². The molecule has 0 spiro atoms. The first-order valence-electron chi connectivity index (χ1n) is 5.37. The lowest BCUT2D eigenvalue weighted by Crippen LogP contribution is -2.50. The van der Waals surface area contributed by atoms with E-state index in [4.69, 9.17) is 18.0 Å². The smallest absolute Gasteiger partial charge is 0.282 e. The van der Waals surface area contributed by atoms with Crippen LogP contribution in [0.4, 0.5) is 0 Å². The van der Waals surface area contributed by atoms with Crippen LogP contribution in [0.3, 0.4) is 0 Å². The van der Waals surface area contributed by atoms with Crippen molar-refractivity contribution >= 4 is 27.4 Å². The molecular weight excluding hydrogens is 246 g/mol. The van der Waals surface area contributed by atoms with E-state index in [1.165, 1.54) is 15.7 Å². The molecule has 0 aromatic heterocycles. The molecule has 1 aliphatic heterocycles. The van der Waals surface area contributed by atoms with E-state index in [1.54, 1.807) is 0 Å². The SMILES string of the molecule is CC1CCCCN1S(=O)(=O)N(C)CC(N)=S. The van der Waals surface area contributed by atoms with Crippen LogP contribution in [-0.4, -0.2) is 48.2 Å². The summed E-state index contributed by atoms with van der Waals surface area (Å²) in [5.41, 5.74) is 5.36. The van der Waals surface area contributed by atoms with Gasteiger partial charge in [-0.2, -0.15) is 17.0 Å². The summed E-state index contributed by atoms with van der Waals surface area (Å²) in [6.07, 6.45) is 2.93. The predicted molar refractivity (Wildman–Crippen MR) is 68.4 cm³/mol. The van der Waals surface area contributed by atoms with Gasteiger partial charge in [0, 0.05) is 19.6 Å². The number of rotatable bonds is 4. The van der Waals surface area contributed by atoms with Crippen LogP contribution in [0.5, 0.6) is 0 Å². The van der Waals surface area contributed by atoms with Crippen molar-refractivity contribution in [3.63, 3.8) is 0 Å². The molecular formula is C9H19N3O2S2. The molecule has 0 aromatic carbocycles. The molecule has 0 saturated carbocycles. The summed E-state index contributed by atoms with van der Waals surface area (Å²) in [7, 11) is -1.90. The predicted octanol–water partition coefficient (Wildman–Crippen LogP) is 0.324. The maximum Gasteiger partial charge on any atom is 0.282 e. The van der Waals surface area contributed by atoms with Gasteiger partial charge >= 0.3 is 0 Å². The van der Waals surface area contributed by atoms with Crippen molar-refractivity contribution in [2.24, 2.45) is 5.73 Å². The summed E-state index contributed by atoms with van der Waals surface area (Å²) in [4.78, 5) is 0.190. The van der Waals surface area contributed by atoms with Crippen molar-refractivity contribution in [3.8, 4) is 0 Å². The maximum atomic E-state index is 12.2. The van der Waals surface area contributed by atoms with Crippen LogP contribution in [0.15, 0.2) is 0 Å². The highest BCUT2D eigenvalue weighted by Gasteiger charge is 2.32. The Morgan fingerprint density at radius 3 is 2.69 bits per heavy atom. The fraction of sp³-hybridized carbons (Fsp3) is 0.889. The third kappa shape index (κ3) is 3.13. The van der Waals surface area contributed by atoms with Crippen LogP contribution in [0.25, 0.3) is 0 Å². The number of hydrogen-bond acceptors (Lipinski definition) is 3. The van der Waals surface area contributed by atoms with Gasteiger partial charge in [-0.1, -0.05) is 18.6 Å². The number of nitrogens with zero attached hydrogens (tertiary/aromatic N) is 2. The average Bonchev–Trinajstić information content (AvgIpc) is 2.16. The van der Waals surface area contributed by atoms with Crippen molar-refractivity contribution in [2.75, 3.05) is 20.1 Å². The summed E-state index contributed by atoms with van der Waals surface area (Å²) in [6, 6.07) is 0.0625. The fourth-order valence-electron chi connectivity index (χ4n) is 1.89. The Bertz CT molecular complexity index is 356. The minimum atomic E-state index is -3.41. The molecule has 1 fully saturated rings. The van der Waals surface area contributed by atoms with Crippen LogP contribution >= 0.6 is 12.2 Å². The largest absolute Gasteiger partial charge is 0.392 e. The topological polar surface area (TPSA) is 66.6 Å². The molecule has 0 aliphatic carbocycles. The molecule has 0 bridgehead atoms. The van der Waals surface area contributed by atoms with E-state index < -0.39 is 10.2 Å². The second-order valence-corrected chi connectivity index (χ2v) is 6.70. The van der Waals surface area contributed by atoms with E-state index in [9.17, 15) is 8.42 Å². The lowest BCUT2D eigenvalue weighted by Gasteiger charge is -2.34. The van der Waals surface area contributed by atoms with Crippen molar-refractivity contribution in [1.82, 2.24) is 8.61 Å². The molecule has 1 aliphatic rings. The highest BCUT2D eigenvalue weighted by molar-refractivity contribution is 7.87. The molecule has 16 heavy (non-hydrogen) atoms. The highest BCUT2D eigenvalue weighted by atomic mass is 32.2. The summed E-state index contributed by atoms with van der Waals surface area (Å²) in [6.45, 7) is 2.62. The Morgan fingerprint density at radius 1 is 1.56 bits per heavy atom. The number of likely N-dealkylation sites (N-methyl/N-ethyl adjacent to an activating group) is 1. The molecule has 0 radical (unpaired) electrons. The van der Waals surface area contributed by atoms with Gasteiger partial charge in [0.25, 0.3) is 10.2 Å². The molecule has 1 heterocycles. The third-order valence-electron chi connectivity index (χ3n) is 2.81. The van der Waals surface area contributed by atoms with E-state index in [-0.39, 0.29) is 17.6 Å². The second kappa shape index (κ2) is 5.39. The molecule has 0 amide bonds. The minimum absolute atomic E-state index is 0.0625. The number of nitrogens with two attached hydrogens (primary N) is 1. The summed E-state index contributed by atoms with van der Waals surface area (Å²) in [5, 5.41) is 0. The molecule has 1 rings (SSSR count). The first-order chi connectivity index (χ1) is 7.35. The Morgan fingerprint density at radius 2 is 2.19 bits per heavy atom. The minimum Gasteiger partial charge on any atom is -0.392 e. The standard InChI is InChI=1S/C9H19N3O2S2/c1-8-5-3-4-6-12(8)16(13,14)11(2)7-9(10)15/h8H,3-7H2,1-2H3,(H2,10,15). The van der Waals surface area contributed by atoms with Gasteiger partial charge in [-0.15, -0.1) is 0 Å². The van der Waals surface area contributed by atoms with Crippen molar-refractivity contribution in [2.45, 2.75) is 32.2 Å². The molecule has 5 nitrogen and oxygen atoms in total. The van der Waals surface area contributed by atoms with Gasteiger partial charge in [-0.05, 0) is 19.8 Å². The second-order valence-electron chi connectivity index (χ2n) is 4.19. The van der Waals surface area contributed by atoms with E-state index in [0.717, 1.165) is 19.3 Å².